The van der Waals surface area contributed by atoms with Gasteiger partial charge in [-0.3, -0.25) is 4.79 Å². The van der Waals surface area contributed by atoms with Crippen molar-refractivity contribution in [2.75, 3.05) is 18.4 Å². The summed E-state index contributed by atoms with van der Waals surface area (Å²) in [5, 5.41) is 9.23. The summed E-state index contributed by atoms with van der Waals surface area (Å²) in [5.74, 6) is 1.37. The Morgan fingerprint density at radius 2 is 2.33 bits per heavy atom. The van der Waals surface area contributed by atoms with E-state index in [1.54, 1.807) is 17.7 Å². The first kappa shape index (κ1) is 14.0. The Morgan fingerprint density at radius 1 is 1.38 bits per heavy atom. The lowest BCUT2D eigenvalue weighted by molar-refractivity contribution is -0.121. The fourth-order valence-corrected chi connectivity index (χ4v) is 3.22. The molecule has 1 aliphatic rings. The van der Waals surface area contributed by atoms with Crippen molar-refractivity contribution in [2.24, 2.45) is 5.92 Å². The van der Waals surface area contributed by atoms with E-state index in [1.165, 1.54) is 0 Å². The zero-order valence-corrected chi connectivity index (χ0v) is 12.5. The molecule has 0 bridgehead atoms. The van der Waals surface area contributed by atoms with E-state index >= 15 is 0 Å². The van der Waals surface area contributed by atoms with Crippen molar-refractivity contribution in [3.8, 4) is 0 Å². The number of carbonyl (C=O) groups excluding carboxylic acids is 1. The summed E-state index contributed by atoms with van der Waals surface area (Å²) in [6.45, 7) is 1.26. The minimum Gasteiger partial charge on any atom is -0.368 e. The van der Waals surface area contributed by atoms with Crippen molar-refractivity contribution in [3.63, 3.8) is 0 Å². The monoisotopic (exact) mass is 302 g/mol. The highest BCUT2D eigenvalue weighted by Gasteiger charge is 2.13. The molecule has 1 amide bonds. The number of nitrogens with one attached hydrogen (secondary N) is 2. The molecule has 0 aliphatic heterocycles. The first-order valence-electron chi connectivity index (χ1n) is 7.18. The zero-order chi connectivity index (χ0) is 14.5. The Hall–Kier alpha value is -1.95. The molecule has 21 heavy (non-hydrogen) atoms. The molecule has 0 saturated carbocycles. The number of amides is 1. The standard InChI is InChI=1S/C15H18N4OS/c20-13(9-11-3-1-2-4-11)16-6-7-17-14-12-5-8-21-15(12)19-10-18-14/h1,3,5,8,10-11H,2,4,6-7,9H2,(H,16,20)(H,17,18,19)/t11-/m1/s1. The summed E-state index contributed by atoms with van der Waals surface area (Å²) in [7, 11) is 0. The van der Waals surface area contributed by atoms with Gasteiger partial charge in [-0.05, 0) is 30.2 Å². The van der Waals surface area contributed by atoms with E-state index in [0.29, 0.717) is 25.4 Å². The van der Waals surface area contributed by atoms with Crippen LogP contribution in [0.5, 0.6) is 0 Å². The Balaban J connectivity index is 1.42. The summed E-state index contributed by atoms with van der Waals surface area (Å²) >= 11 is 1.60. The lowest BCUT2D eigenvalue weighted by Gasteiger charge is -2.10. The fraction of sp³-hybridized carbons (Fsp3) is 0.400. The number of hydrogen-bond donors (Lipinski definition) is 2. The quantitative estimate of drug-likeness (QED) is 0.636. The van der Waals surface area contributed by atoms with Crippen LogP contribution in [0.2, 0.25) is 0 Å². The number of rotatable bonds is 6. The van der Waals surface area contributed by atoms with Gasteiger partial charge < -0.3 is 10.6 Å². The highest BCUT2D eigenvalue weighted by Crippen LogP contribution is 2.23. The topological polar surface area (TPSA) is 66.9 Å². The van der Waals surface area contributed by atoms with E-state index in [1.807, 2.05) is 11.4 Å². The Bertz CT molecular complexity index is 652. The number of nitrogens with zero attached hydrogens (tertiary/aromatic N) is 2. The van der Waals surface area contributed by atoms with Crippen LogP contribution >= 0.6 is 11.3 Å². The maximum Gasteiger partial charge on any atom is 0.220 e. The molecule has 0 spiro atoms. The molecule has 2 aromatic rings. The average Bonchev–Trinajstić information content (AvgIpc) is 3.14. The lowest BCUT2D eigenvalue weighted by atomic mass is 10.1. The second kappa shape index (κ2) is 6.67. The number of aromatic nitrogens is 2. The van der Waals surface area contributed by atoms with Gasteiger partial charge in [0, 0.05) is 19.5 Å². The first-order chi connectivity index (χ1) is 10.3. The molecule has 3 rings (SSSR count). The van der Waals surface area contributed by atoms with Gasteiger partial charge >= 0.3 is 0 Å². The van der Waals surface area contributed by atoms with Crippen molar-refractivity contribution < 1.29 is 4.79 Å². The average molecular weight is 302 g/mol. The van der Waals surface area contributed by atoms with E-state index < -0.39 is 0 Å². The number of hydrogen-bond acceptors (Lipinski definition) is 5. The molecule has 1 atom stereocenters. The van der Waals surface area contributed by atoms with Crippen molar-refractivity contribution in [2.45, 2.75) is 19.3 Å². The van der Waals surface area contributed by atoms with Crippen molar-refractivity contribution in [1.82, 2.24) is 15.3 Å². The summed E-state index contributed by atoms with van der Waals surface area (Å²) in [6, 6.07) is 2.01. The third-order valence-electron chi connectivity index (χ3n) is 3.56. The van der Waals surface area contributed by atoms with Crippen LogP contribution in [0.1, 0.15) is 19.3 Å². The third-order valence-corrected chi connectivity index (χ3v) is 4.38. The zero-order valence-electron chi connectivity index (χ0n) is 11.7. The molecule has 0 fully saturated rings. The van der Waals surface area contributed by atoms with E-state index in [-0.39, 0.29) is 5.91 Å². The molecule has 0 radical (unpaired) electrons. The van der Waals surface area contributed by atoms with Crippen LogP contribution in [0.3, 0.4) is 0 Å². The van der Waals surface area contributed by atoms with Crippen LogP contribution in [0, 0.1) is 5.92 Å². The first-order valence-corrected chi connectivity index (χ1v) is 8.06. The summed E-state index contributed by atoms with van der Waals surface area (Å²) < 4.78 is 0. The lowest BCUT2D eigenvalue weighted by Crippen LogP contribution is -2.29. The van der Waals surface area contributed by atoms with Crippen molar-refractivity contribution >= 4 is 33.3 Å². The van der Waals surface area contributed by atoms with Crippen LogP contribution in [0.15, 0.2) is 29.9 Å². The maximum absolute atomic E-state index is 11.8. The second-order valence-corrected chi connectivity index (χ2v) is 6.00. The SMILES string of the molecule is O=C(C[C@@H]1C=CCC1)NCCNc1ncnc2sccc12. The van der Waals surface area contributed by atoms with E-state index in [0.717, 1.165) is 28.9 Å². The predicted molar refractivity (Wildman–Crippen MR) is 85.4 cm³/mol. The van der Waals surface area contributed by atoms with Gasteiger partial charge in [0.05, 0.1) is 5.39 Å². The highest BCUT2D eigenvalue weighted by molar-refractivity contribution is 7.16. The third kappa shape index (κ3) is 3.58. The fourth-order valence-electron chi connectivity index (χ4n) is 2.49. The molecule has 0 unspecified atom stereocenters. The number of anilines is 1. The molecular formula is C15H18N4OS. The molecular weight excluding hydrogens is 284 g/mol. The number of fused-ring (bicyclic) bond motifs is 1. The van der Waals surface area contributed by atoms with Crippen molar-refractivity contribution in [1.29, 1.82) is 0 Å². The Labute approximate surface area is 127 Å². The number of allylic oxidation sites excluding steroid dienone is 2. The maximum atomic E-state index is 11.8. The molecule has 2 heterocycles. The van der Waals surface area contributed by atoms with Crippen molar-refractivity contribution in [3.05, 3.63) is 29.9 Å². The molecule has 5 nitrogen and oxygen atoms in total. The van der Waals surface area contributed by atoms with Gasteiger partial charge in [0.2, 0.25) is 5.91 Å². The van der Waals surface area contributed by atoms with Crippen LogP contribution in [-0.4, -0.2) is 29.0 Å². The minimum absolute atomic E-state index is 0.122. The number of carbonyl (C=O) groups is 1. The Morgan fingerprint density at radius 3 is 3.19 bits per heavy atom. The Kier molecular flexibility index (Phi) is 4.45. The predicted octanol–water partition coefficient (Wildman–Crippen LogP) is 2.58. The summed E-state index contributed by atoms with van der Waals surface area (Å²) in [6.07, 6.45) is 8.66. The molecule has 0 saturated heterocycles. The van der Waals surface area contributed by atoms with Gasteiger partial charge in [-0.1, -0.05) is 12.2 Å². The van der Waals surface area contributed by atoms with E-state index in [2.05, 4.69) is 32.8 Å². The largest absolute Gasteiger partial charge is 0.368 e. The summed E-state index contributed by atoms with van der Waals surface area (Å²) in [4.78, 5) is 21.2. The molecule has 6 heteroatoms. The van der Waals surface area contributed by atoms with Crippen LogP contribution < -0.4 is 10.6 Å². The normalized spacial score (nSPS) is 17.2. The van der Waals surface area contributed by atoms with Crippen LogP contribution in [0.4, 0.5) is 5.82 Å². The smallest absolute Gasteiger partial charge is 0.220 e. The van der Waals surface area contributed by atoms with Gasteiger partial charge in [-0.2, -0.15) is 0 Å². The van der Waals surface area contributed by atoms with Gasteiger partial charge in [-0.25, -0.2) is 9.97 Å². The number of thiophene rings is 1. The molecule has 2 N–H and O–H groups in total. The van der Waals surface area contributed by atoms with Gasteiger partial charge in [0.15, 0.2) is 0 Å². The van der Waals surface area contributed by atoms with Gasteiger partial charge in [-0.15, -0.1) is 11.3 Å². The highest BCUT2D eigenvalue weighted by atomic mass is 32.1. The van der Waals surface area contributed by atoms with Crippen LogP contribution in [-0.2, 0) is 4.79 Å². The van der Waals surface area contributed by atoms with E-state index in [4.69, 9.17) is 0 Å². The van der Waals surface area contributed by atoms with E-state index in [9.17, 15) is 4.79 Å². The van der Waals surface area contributed by atoms with Gasteiger partial charge in [0.1, 0.15) is 17.0 Å². The molecule has 110 valence electrons. The second-order valence-electron chi connectivity index (χ2n) is 5.11. The van der Waals surface area contributed by atoms with Gasteiger partial charge in [0.25, 0.3) is 0 Å². The molecule has 0 aromatic carbocycles. The molecule has 1 aliphatic carbocycles. The summed E-state index contributed by atoms with van der Waals surface area (Å²) in [5.41, 5.74) is 0. The van der Waals surface area contributed by atoms with Crippen LogP contribution in [0.25, 0.3) is 10.2 Å². The molecule has 2 aromatic heterocycles. The minimum atomic E-state index is 0.122.